The smallest absolute Gasteiger partial charge is 0.211 e. The molecule has 0 amide bonds. The molecule has 20 heavy (non-hydrogen) atoms. The van der Waals surface area contributed by atoms with Gasteiger partial charge in [-0.05, 0) is 50.0 Å². The molecule has 0 aliphatic carbocycles. The monoisotopic (exact) mass is 362 g/mol. The summed E-state index contributed by atoms with van der Waals surface area (Å²) in [6.45, 7) is 4.35. The second kappa shape index (κ2) is 9.50. The standard InChI is InChI=1S/C14H23BrN2O2S/c1-2-9-16-10-3-4-11-20(18,19)17-12-13-5-7-14(15)8-6-13/h5-8,16-17H,2-4,9-12H2,1H3. The van der Waals surface area contributed by atoms with Crippen molar-refractivity contribution in [2.75, 3.05) is 18.8 Å². The Morgan fingerprint density at radius 1 is 1.10 bits per heavy atom. The van der Waals surface area contributed by atoms with Crippen LogP contribution in [0.15, 0.2) is 28.7 Å². The summed E-state index contributed by atoms with van der Waals surface area (Å²) < 4.78 is 27.3. The van der Waals surface area contributed by atoms with E-state index in [1.165, 1.54) is 0 Å². The summed E-state index contributed by atoms with van der Waals surface area (Å²) in [6.07, 6.45) is 2.68. The van der Waals surface area contributed by atoms with Crippen molar-refractivity contribution in [2.45, 2.75) is 32.7 Å². The molecular weight excluding hydrogens is 340 g/mol. The van der Waals surface area contributed by atoms with Gasteiger partial charge in [0.05, 0.1) is 5.75 Å². The van der Waals surface area contributed by atoms with Crippen LogP contribution in [0.3, 0.4) is 0 Å². The van der Waals surface area contributed by atoms with E-state index < -0.39 is 10.0 Å². The maximum Gasteiger partial charge on any atom is 0.211 e. The highest BCUT2D eigenvalue weighted by Gasteiger charge is 2.09. The molecule has 0 atom stereocenters. The van der Waals surface area contributed by atoms with Crippen LogP contribution in [0.2, 0.25) is 0 Å². The first-order chi connectivity index (χ1) is 9.53. The predicted molar refractivity (Wildman–Crippen MR) is 87.2 cm³/mol. The van der Waals surface area contributed by atoms with Gasteiger partial charge in [-0.2, -0.15) is 0 Å². The fraction of sp³-hybridized carbons (Fsp3) is 0.571. The lowest BCUT2D eigenvalue weighted by atomic mass is 10.2. The van der Waals surface area contributed by atoms with Gasteiger partial charge in [0.1, 0.15) is 0 Å². The molecule has 4 nitrogen and oxygen atoms in total. The first-order valence-corrected chi connectivity index (χ1v) is 9.40. The summed E-state index contributed by atoms with van der Waals surface area (Å²) in [6, 6.07) is 7.62. The molecule has 0 saturated carbocycles. The van der Waals surface area contributed by atoms with Gasteiger partial charge in [-0.1, -0.05) is 35.0 Å². The van der Waals surface area contributed by atoms with E-state index >= 15 is 0 Å². The molecule has 114 valence electrons. The van der Waals surface area contributed by atoms with E-state index in [1.807, 2.05) is 24.3 Å². The molecule has 0 heterocycles. The largest absolute Gasteiger partial charge is 0.317 e. The minimum atomic E-state index is -3.17. The zero-order chi connectivity index (χ0) is 14.8. The van der Waals surface area contributed by atoms with Crippen LogP contribution < -0.4 is 10.0 Å². The van der Waals surface area contributed by atoms with Crippen LogP contribution >= 0.6 is 15.9 Å². The Hall–Kier alpha value is -0.430. The molecular formula is C14H23BrN2O2S. The lowest BCUT2D eigenvalue weighted by Crippen LogP contribution is -2.26. The van der Waals surface area contributed by atoms with Crippen LogP contribution in [0, 0.1) is 0 Å². The first kappa shape index (κ1) is 17.6. The van der Waals surface area contributed by atoms with Gasteiger partial charge in [0.2, 0.25) is 10.0 Å². The SMILES string of the molecule is CCCNCCCCS(=O)(=O)NCc1ccc(Br)cc1. The van der Waals surface area contributed by atoms with Crippen molar-refractivity contribution < 1.29 is 8.42 Å². The molecule has 1 rings (SSSR count). The zero-order valence-corrected chi connectivity index (χ0v) is 14.3. The third kappa shape index (κ3) is 7.99. The average molecular weight is 363 g/mol. The van der Waals surface area contributed by atoms with Crippen LogP contribution in [-0.4, -0.2) is 27.3 Å². The Morgan fingerprint density at radius 3 is 2.45 bits per heavy atom. The van der Waals surface area contributed by atoms with Crippen molar-refractivity contribution in [3.05, 3.63) is 34.3 Å². The molecule has 0 spiro atoms. The lowest BCUT2D eigenvalue weighted by Gasteiger charge is -2.07. The molecule has 0 saturated heterocycles. The van der Waals surface area contributed by atoms with Crippen molar-refractivity contribution in [1.29, 1.82) is 0 Å². The maximum absolute atomic E-state index is 11.8. The number of nitrogens with one attached hydrogen (secondary N) is 2. The van der Waals surface area contributed by atoms with E-state index in [4.69, 9.17) is 0 Å². The van der Waals surface area contributed by atoms with Crippen molar-refractivity contribution >= 4 is 26.0 Å². The van der Waals surface area contributed by atoms with E-state index in [1.54, 1.807) is 0 Å². The minimum absolute atomic E-state index is 0.192. The van der Waals surface area contributed by atoms with Crippen LogP contribution in [0.4, 0.5) is 0 Å². The van der Waals surface area contributed by atoms with Crippen molar-refractivity contribution in [3.8, 4) is 0 Å². The number of unbranched alkanes of at least 4 members (excludes halogenated alkanes) is 1. The number of benzene rings is 1. The van der Waals surface area contributed by atoms with Crippen LogP contribution in [-0.2, 0) is 16.6 Å². The third-order valence-corrected chi connectivity index (χ3v) is 4.79. The molecule has 6 heteroatoms. The topological polar surface area (TPSA) is 58.2 Å². The molecule has 2 N–H and O–H groups in total. The highest BCUT2D eigenvalue weighted by Crippen LogP contribution is 2.10. The molecule has 0 aliphatic rings. The van der Waals surface area contributed by atoms with Crippen molar-refractivity contribution in [3.63, 3.8) is 0 Å². The number of hydrogen-bond donors (Lipinski definition) is 2. The second-order valence-electron chi connectivity index (χ2n) is 4.72. The predicted octanol–water partition coefficient (Wildman–Crippen LogP) is 2.65. The summed E-state index contributed by atoms with van der Waals surface area (Å²) in [4.78, 5) is 0. The van der Waals surface area contributed by atoms with Gasteiger partial charge >= 0.3 is 0 Å². The Balaban J connectivity index is 2.22. The van der Waals surface area contributed by atoms with Gasteiger partial charge in [0.15, 0.2) is 0 Å². The fourth-order valence-corrected chi connectivity index (χ4v) is 3.09. The van der Waals surface area contributed by atoms with Gasteiger partial charge in [-0.3, -0.25) is 0 Å². The molecule has 1 aromatic rings. The van der Waals surface area contributed by atoms with Crippen LogP contribution in [0.5, 0.6) is 0 Å². The Morgan fingerprint density at radius 2 is 1.80 bits per heavy atom. The van der Waals surface area contributed by atoms with Gasteiger partial charge in [-0.25, -0.2) is 13.1 Å². The molecule has 0 aliphatic heterocycles. The van der Waals surface area contributed by atoms with E-state index in [0.29, 0.717) is 13.0 Å². The second-order valence-corrected chi connectivity index (χ2v) is 7.57. The Labute approximate surface area is 130 Å². The molecule has 0 unspecified atom stereocenters. The number of halogens is 1. The number of hydrogen-bond acceptors (Lipinski definition) is 3. The van der Waals surface area contributed by atoms with E-state index in [0.717, 1.165) is 36.0 Å². The normalized spacial score (nSPS) is 11.7. The highest BCUT2D eigenvalue weighted by molar-refractivity contribution is 9.10. The molecule has 0 bridgehead atoms. The van der Waals surface area contributed by atoms with Crippen LogP contribution in [0.25, 0.3) is 0 Å². The van der Waals surface area contributed by atoms with Crippen LogP contribution in [0.1, 0.15) is 31.7 Å². The molecule has 0 aromatic heterocycles. The van der Waals surface area contributed by atoms with E-state index in [9.17, 15) is 8.42 Å². The lowest BCUT2D eigenvalue weighted by molar-refractivity contribution is 0.572. The Bertz CT molecular complexity index is 474. The third-order valence-electron chi connectivity index (χ3n) is 2.85. The molecule has 0 radical (unpaired) electrons. The summed E-state index contributed by atoms with van der Waals surface area (Å²) in [7, 11) is -3.17. The Kier molecular flexibility index (Phi) is 8.37. The van der Waals surface area contributed by atoms with Crippen molar-refractivity contribution in [2.24, 2.45) is 0 Å². The summed E-state index contributed by atoms with van der Waals surface area (Å²) in [5, 5.41) is 3.26. The summed E-state index contributed by atoms with van der Waals surface area (Å²) >= 11 is 3.35. The number of rotatable bonds is 10. The van der Waals surface area contributed by atoms with Gasteiger partial charge < -0.3 is 5.32 Å². The molecule has 0 fully saturated rings. The van der Waals surface area contributed by atoms with Gasteiger partial charge in [-0.15, -0.1) is 0 Å². The van der Waals surface area contributed by atoms with E-state index in [-0.39, 0.29) is 5.75 Å². The average Bonchev–Trinajstić information content (AvgIpc) is 2.42. The maximum atomic E-state index is 11.8. The minimum Gasteiger partial charge on any atom is -0.317 e. The number of sulfonamides is 1. The van der Waals surface area contributed by atoms with Gasteiger partial charge in [0.25, 0.3) is 0 Å². The quantitative estimate of drug-likeness (QED) is 0.629. The summed E-state index contributed by atoms with van der Waals surface area (Å²) in [5.74, 6) is 0.192. The van der Waals surface area contributed by atoms with Crippen molar-refractivity contribution in [1.82, 2.24) is 10.0 Å². The highest BCUT2D eigenvalue weighted by atomic mass is 79.9. The summed E-state index contributed by atoms with van der Waals surface area (Å²) in [5.41, 5.74) is 0.960. The van der Waals surface area contributed by atoms with E-state index in [2.05, 4.69) is 32.9 Å². The molecule has 1 aromatic carbocycles. The fourth-order valence-electron chi connectivity index (χ4n) is 1.71. The van der Waals surface area contributed by atoms with Gasteiger partial charge in [0, 0.05) is 11.0 Å². The zero-order valence-electron chi connectivity index (χ0n) is 11.9. The first-order valence-electron chi connectivity index (χ1n) is 6.96.